The number of amides is 2. The summed E-state index contributed by atoms with van der Waals surface area (Å²) in [6, 6.07) is 10.1. The molecule has 10 heteroatoms. The number of hydrogen-bond acceptors (Lipinski definition) is 8. The molecule has 1 aromatic carbocycles. The lowest BCUT2D eigenvalue weighted by Gasteiger charge is -2.44. The maximum absolute atomic E-state index is 14.1. The second-order valence-corrected chi connectivity index (χ2v) is 11.6. The highest BCUT2D eigenvalue weighted by molar-refractivity contribution is 6.04. The summed E-state index contributed by atoms with van der Waals surface area (Å²) < 4.78 is 0. The fraction of sp³-hybridized carbons (Fsp3) is 0.364. The Morgan fingerprint density at radius 1 is 1.26 bits per heavy atom. The van der Waals surface area contributed by atoms with Crippen LogP contribution in [0.4, 0.5) is 17.5 Å². The van der Waals surface area contributed by atoms with Crippen LogP contribution in [0.15, 0.2) is 73.2 Å². The van der Waals surface area contributed by atoms with E-state index in [1.54, 1.807) is 4.90 Å². The van der Waals surface area contributed by atoms with Crippen molar-refractivity contribution in [2.75, 3.05) is 48.8 Å². The second kappa shape index (κ2) is 11.4. The van der Waals surface area contributed by atoms with Crippen molar-refractivity contribution in [1.29, 1.82) is 5.26 Å². The van der Waals surface area contributed by atoms with Crippen LogP contribution in [-0.4, -0.2) is 71.4 Å². The van der Waals surface area contributed by atoms with Gasteiger partial charge in [0.15, 0.2) is 5.82 Å². The van der Waals surface area contributed by atoms with Gasteiger partial charge in [0.05, 0.1) is 35.3 Å². The van der Waals surface area contributed by atoms with Crippen molar-refractivity contribution in [2.24, 2.45) is 0 Å². The Bertz CT molecular complexity index is 1600. The number of likely N-dealkylation sites (N-methyl/N-ethyl adjacent to an activating group) is 1. The number of aryl methyl sites for hydroxylation is 1. The van der Waals surface area contributed by atoms with Crippen LogP contribution >= 0.6 is 0 Å². The number of allylic oxidation sites excluding steroid dienone is 3. The van der Waals surface area contributed by atoms with E-state index in [1.165, 1.54) is 11.6 Å². The normalized spacial score (nSPS) is 22.6. The minimum absolute atomic E-state index is 0.0348. The van der Waals surface area contributed by atoms with E-state index in [4.69, 9.17) is 9.97 Å². The molecule has 2 aromatic rings. The molecule has 0 saturated carbocycles. The average molecular weight is 577 g/mol. The number of piperazine rings is 1. The molecule has 0 radical (unpaired) electrons. The van der Waals surface area contributed by atoms with Gasteiger partial charge >= 0.3 is 0 Å². The first-order chi connectivity index (χ1) is 20.8. The van der Waals surface area contributed by atoms with Crippen LogP contribution in [0.25, 0.3) is 0 Å². The van der Waals surface area contributed by atoms with Crippen molar-refractivity contribution >= 4 is 29.3 Å². The number of aromatic nitrogens is 2. The zero-order valence-corrected chi connectivity index (χ0v) is 24.7. The van der Waals surface area contributed by atoms with Gasteiger partial charge in [0.1, 0.15) is 5.69 Å². The van der Waals surface area contributed by atoms with E-state index in [1.807, 2.05) is 66.7 Å². The van der Waals surface area contributed by atoms with Gasteiger partial charge in [-0.05, 0) is 48.6 Å². The van der Waals surface area contributed by atoms with Gasteiger partial charge in [0, 0.05) is 52.6 Å². The fourth-order valence-electron chi connectivity index (χ4n) is 6.67. The number of nitriles is 1. The van der Waals surface area contributed by atoms with Gasteiger partial charge in [-0.25, -0.2) is 4.98 Å². The minimum Gasteiger partial charge on any atom is -0.376 e. The molecule has 1 aliphatic carbocycles. The lowest BCUT2D eigenvalue weighted by molar-refractivity contribution is -0.128. The van der Waals surface area contributed by atoms with Crippen LogP contribution in [0.5, 0.6) is 0 Å². The summed E-state index contributed by atoms with van der Waals surface area (Å²) in [5, 5.41) is 12.8. The van der Waals surface area contributed by atoms with Crippen molar-refractivity contribution in [1.82, 2.24) is 19.8 Å². The van der Waals surface area contributed by atoms with E-state index >= 15 is 0 Å². The van der Waals surface area contributed by atoms with Crippen molar-refractivity contribution in [3.05, 3.63) is 90.1 Å². The van der Waals surface area contributed by atoms with Crippen LogP contribution in [-0.2, 0) is 27.8 Å². The van der Waals surface area contributed by atoms with Gasteiger partial charge in [-0.2, -0.15) is 10.2 Å². The molecule has 6 rings (SSSR count). The van der Waals surface area contributed by atoms with E-state index < -0.39 is 5.41 Å². The number of benzene rings is 1. The Morgan fingerprint density at radius 3 is 2.88 bits per heavy atom. The molecule has 1 unspecified atom stereocenters. The molecule has 2 atom stereocenters. The number of hydrogen-bond donors (Lipinski definition) is 1. The summed E-state index contributed by atoms with van der Waals surface area (Å²) in [4.78, 5) is 44.5. The van der Waals surface area contributed by atoms with Gasteiger partial charge in [0.25, 0.3) is 0 Å². The summed E-state index contributed by atoms with van der Waals surface area (Å²) in [6.07, 6.45) is 14.4. The number of carbonyl (C=O) groups is 2. The van der Waals surface area contributed by atoms with E-state index in [-0.39, 0.29) is 24.3 Å². The topological polar surface area (TPSA) is 109 Å². The number of rotatable bonds is 5. The molecule has 1 fully saturated rings. The summed E-state index contributed by atoms with van der Waals surface area (Å²) in [5.41, 5.74) is 3.95. The van der Waals surface area contributed by atoms with Crippen molar-refractivity contribution in [3.8, 4) is 6.07 Å². The van der Waals surface area contributed by atoms with Gasteiger partial charge in [0.2, 0.25) is 17.8 Å². The van der Waals surface area contributed by atoms with Gasteiger partial charge in [-0.15, -0.1) is 0 Å². The van der Waals surface area contributed by atoms with Crippen molar-refractivity contribution in [3.63, 3.8) is 0 Å². The maximum atomic E-state index is 14.1. The molecule has 4 heterocycles. The number of carbonyl (C=O) groups excluding carboxylic acids is 2. The highest BCUT2D eigenvalue weighted by Crippen LogP contribution is 2.46. The summed E-state index contributed by atoms with van der Waals surface area (Å²) in [5.74, 6) is 0.865. The van der Waals surface area contributed by atoms with Crippen LogP contribution < -0.4 is 15.1 Å². The van der Waals surface area contributed by atoms with E-state index in [0.29, 0.717) is 43.5 Å². The minimum atomic E-state index is -0.704. The molecule has 0 bridgehead atoms. The molecule has 10 nitrogen and oxygen atoms in total. The predicted molar refractivity (Wildman–Crippen MR) is 166 cm³/mol. The second-order valence-electron chi connectivity index (χ2n) is 11.6. The Morgan fingerprint density at radius 2 is 2.09 bits per heavy atom. The molecule has 1 aromatic heterocycles. The van der Waals surface area contributed by atoms with Crippen LogP contribution in [0.2, 0.25) is 0 Å². The third kappa shape index (κ3) is 5.05. The molecule has 2 amide bonds. The van der Waals surface area contributed by atoms with E-state index in [9.17, 15) is 14.9 Å². The number of nitrogens with one attached hydrogen (secondary N) is 1. The summed E-state index contributed by atoms with van der Waals surface area (Å²) in [7, 11) is 3.97. The highest BCUT2D eigenvalue weighted by Gasteiger charge is 2.48. The monoisotopic (exact) mass is 576 g/mol. The lowest BCUT2D eigenvalue weighted by atomic mass is 9.65. The van der Waals surface area contributed by atoms with Crippen LogP contribution in [0, 0.1) is 11.3 Å². The molecule has 43 heavy (non-hydrogen) atoms. The zero-order chi connectivity index (χ0) is 30.1. The van der Waals surface area contributed by atoms with Gasteiger partial charge in [-0.3, -0.25) is 14.5 Å². The average Bonchev–Trinajstić information content (AvgIpc) is 3.28. The number of anilines is 3. The standard InChI is InChI=1S/C33H36N8O2/c1-4-28(42)41-19-18-39(22-25(41)14-16-34)30-29-27(35-32(37-30)40-17-8-7-12-24(21-40)38(2)3)20-33(31(43)36-29)15-9-11-23-10-5-6-13-26(23)33/h4-8,10,12-13,17,21,25H,1,9,11,14-15,18-20,22H2,2-3H3,(H,36,43)/t25-,33?/m0/s1. The Labute approximate surface area is 252 Å². The first-order valence-electron chi connectivity index (χ1n) is 14.7. The van der Waals surface area contributed by atoms with Crippen molar-refractivity contribution < 1.29 is 9.59 Å². The van der Waals surface area contributed by atoms with E-state index in [0.717, 1.165) is 36.2 Å². The maximum Gasteiger partial charge on any atom is 0.246 e. The third-order valence-corrected chi connectivity index (χ3v) is 8.89. The number of fused-ring (bicyclic) bond motifs is 3. The molecular formula is C33H36N8O2. The third-order valence-electron chi connectivity index (χ3n) is 8.89. The molecule has 1 spiro atoms. The van der Waals surface area contributed by atoms with Gasteiger partial charge in [-0.1, -0.05) is 36.9 Å². The Hall–Kier alpha value is -4.91. The predicted octanol–water partition coefficient (Wildman–Crippen LogP) is 3.66. The molecule has 4 aliphatic rings. The first kappa shape index (κ1) is 28.2. The molecule has 1 saturated heterocycles. The first-order valence-corrected chi connectivity index (χ1v) is 14.7. The molecule has 220 valence electrons. The molecular weight excluding hydrogens is 540 g/mol. The van der Waals surface area contributed by atoms with Crippen molar-refractivity contribution in [2.45, 2.75) is 43.6 Å². The SMILES string of the molecule is C=CC(=O)N1CCN(c2nc(N3C=CC=CC(N(C)C)=C3)nc3c2NC(=O)C2(CCCc4ccccc42)C3)C[C@@H]1CC#N. The molecule has 3 aliphatic heterocycles. The molecule has 1 N–H and O–H groups in total. The van der Waals surface area contributed by atoms with Gasteiger partial charge < -0.3 is 20.0 Å². The zero-order valence-electron chi connectivity index (χ0n) is 24.7. The van der Waals surface area contributed by atoms with Crippen LogP contribution in [0.1, 0.15) is 36.1 Å². The van der Waals surface area contributed by atoms with Crippen LogP contribution in [0.3, 0.4) is 0 Å². The Kier molecular flexibility index (Phi) is 7.48. The fourth-order valence-corrected chi connectivity index (χ4v) is 6.67. The highest BCUT2D eigenvalue weighted by atomic mass is 16.2. The Balaban J connectivity index is 1.47. The van der Waals surface area contributed by atoms with E-state index in [2.05, 4.69) is 35.0 Å². The summed E-state index contributed by atoms with van der Waals surface area (Å²) in [6.45, 7) is 4.94. The smallest absolute Gasteiger partial charge is 0.246 e. The number of nitrogens with zero attached hydrogens (tertiary/aromatic N) is 7. The quantitative estimate of drug-likeness (QED) is 0.538. The summed E-state index contributed by atoms with van der Waals surface area (Å²) >= 11 is 0. The largest absolute Gasteiger partial charge is 0.376 e. The lowest BCUT2D eigenvalue weighted by Crippen LogP contribution is -2.55.